The number of hydrogen-bond donors (Lipinski definition) is 1. The van der Waals surface area contributed by atoms with Gasteiger partial charge in [0, 0.05) is 17.1 Å². The molecule has 0 spiro atoms. The van der Waals surface area contributed by atoms with E-state index in [0.29, 0.717) is 10.9 Å². The maximum absolute atomic E-state index is 13.6. The molecule has 154 valence electrons. The number of aromatic nitrogens is 1. The van der Waals surface area contributed by atoms with Crippen molar-refractivity contribution in [3.63, 3.8) is 0 Å². The van der Waals surface area contributed by atoms with E-state index in [1.807, 2.05) is 31.4 Å². The lowest BCUT2D eigenvalue weighted by atomic mass is 10.1. The molecular weight excluding hydrogens is 445 g/mol. The van der Waals surface area contributed by atoms with Crippen LogP contribution in [0.15, 0.2) is 39.9 Å². The Bertz CT molecular complexity index is 1180. The highest BCUT2D eigenvalue weighted by atomic mass is 35.5. The molecule has 0 fully saturated rings. The Balaban J connectivity index is 1.73. The van der Waals surface area contributed by atoms with Crippen molar-refractivity contribution in [2.45, 2.75) is 20.8 Å². The van der Waals surface area contributed by atoms with Crippen molar-refractivity contribution in [1.29, 1.82) is 5.41 Å². The second kappa shape index (κ2) is 8.05. The Morgan fingerprint density at radius 2 is 2.10 bits per heavy atom. The minimum atomic E-state index is -0.482. The van der Waals surface area contributed by atoms with Crippen LogP contribution in [0.5, 0.6) is 0 Å². The molecule has 0 saturated carbocycles. The van der Waals surface area contributed by atoms with Gasteiger partial charge in [0.05, 0.1) is 10.6 Å². The second-order valence-corrected chi connectivity index (χ2v) is 9.45. The van der Waals surface area contributed by atoms with Crippen molar-refractivity contribution in [2.24, 2.45) is 10.1 Å². The molecule has 30 heavy (non-hydrogen) atoms. The smallest absolute Gasteiger partial charge is 0.283 e. The van der Waals surface area contributed by atoms with Crippen LogP contribution in [-0.2, 0) is 4.79 Å². The van der Waals surface area contributed by atoms with Gasteiger partial charge >= 0.3 is 0 Å². The molecule has 2 aliphatic rings. The average molecular weight is 462 g/mol. The van der Waals surface area contributed by atoms with Crippen LogP contribution in [0.1, 0.15) is 23.9 Å². The lowest BCUT2D eigenvalue weighted by Gasteiger charge is -2.20. The number of halogens is 2. The summed E-state index contributed by atoms with van der Waals surface area (Å²) in [5, 5.41) is 14.7. The maximum atomic E-state index is 13.6. The highest BCUT2D eigenvalue weighted by Gasteiger charge is 2.35. The van der Waals surface area contributed by atoms with Gasteiger partial charge in [0.1, 0.15) is 5.82 Å². The minimum Gasteiger partial charge on any atom is -0.318 e. The molecule has 1 aromatic carbocycles. The van der Waals surface area contributed by atoms with Crippen molar-refractivity contribution in [3.8, 4) is 5.69 Å². The first kappa shape index (κ1) is 20.9. The predicted molar refractivity (Wildman–Crippen MR) is 123 cm³/mol. The Hall–Kier alpha value is -2.36. The van der Waals surface area contributed by atoms with Crippen LogP contribution < -0.4 is 0 Å². The summed E-state index contributed by atoms with van der Waals surface area (Å²) in [5.41, 5.74) is 3.37. The molecule has 0 atom stereocenters. The third-order valence-corrected chi connectivity index (χ3v) is 6.85. The van der Waals surface area contributed by atoms with Crippen LogP contribution in [0, 0.1) is 25.1 Å². The highest BCUT2D eigenvalue weighted by Crippen LogP contribution is 2.33. The van der Waals surface area contributed by atoms with E-state index in [1.165, 1.54) is 22.8 Å². The molecule has 0 bridgehead atoms. The number of aliphatic imine (C=N–C) groups is 1. The number of benzene rings is 1. The molecule has 0 saturated heterocycles. The van der Waals surface area contributed by atoms with E-state index >= 15 is 0 Å². The molecule has 0 radical (unpaired) electrons. The lowest BCUT2D eigenvalue weighted by Crippen LogP contribution is -2.35. The number of thioether (sulfide) groups is 2. The highest BCUT2D eigenvalue weighted by molar-refractivity contribution is 8.45. The van der Waals surface area contributed by atoms with Crippen molar-refractivity contribution in [3.05, 3.63) is 57.6 Å². The summed E-state index contributed by atoms with van der Waals surface area (Å²) in [6, 6.07) is 6.42. The van der Waals surface area contributed by atoms with Gasteiger partial charge in [-0.05, 0) is 67.3 Å². The number of hydrogen-bond acceptors (Lipinski definition) is 5. The molecule has 1 amide bonds. The monoisotopic (exact) mass is 461 g/mol. The second-order valence-electron chi connectivity index (χ2n) is 6.58. The molecule has 0 unspecified atom stereocenters. The Kier molecular flexibility index (Phi) is 5.61. The third kappa shape index (κ3) is 3.61. The fraction of sp³-hybridized carbons (Fsp3) is 0.200. The third-order valence-electron chi connectivity index (χ3n) is 4.64. The van der Waals surface area contributed by atoms with Gasteiger partial charge in [-0.2, -0.15) is 10.0 Å². The Morgan fingerprint density at radius 1 is 1.33 bits per heavy atom. The van der Waals surface area contributed by atoms with E-state index in [2.05, 4.69) is 10.1 Å². The standard InChI is InChI=1S/C20H17ClFN5OS2/c1-4-29-20-25-27-17(23)14(18(28)24-19(27)30-20)8-12-7-10(2)26(11(12)3)13-5-6-16(22)15(21)9-13/h5-9,23H,4H2,1-3H3/b14-8-,23-17?. The molecule has 6 nitrogen and oxygen atoms in total. The fourth-order valence-electron chi connectivity index (χ4n) is 3.27. The van der Waals surface area contributed by atoms with Crippen LogP contribution in [0.25, 0.3) is 11.8 Å². The fourth-order valence-corrected chi connectivity index (χ4v) is 5.27. The number of amides is 1. The van der Waals surface area contributed by atoms with Gasteiger partial charge < -0.3 is 4.57 Å². The van der Waals surface area contributed by atoms with Gasteiger partial charge in [0.15, 0.2) is 10.2 Å². The van der Waals surface area contributed by atoms with Crippen LogP contribution in [0.2, 0.25) is 5.02 Å². The molecule has 1 aromatic heterocycles. The van der Waals surface area contributed by atoms with Gasteiger partial charge in [-0.15, -0.1) is 5.10 Å². The Morgan fingerprint density at radius 3 is 2.80 bits per heavy atom. The van der Waals surface area contributed by atoms with E-state index in [4.69, 9.17) is 17.0 Å². The normalized spacial score (nSPS) is 17.5. The summed E-state index contributed by atoms with van der Waals surface area (Å²) < 4.78 is 16.2. The zero-order valence-corrected chi connectivity index (χ0v) is 18.8. The van der Waals surface area contributed by atoms with Crippen LogP contribution in [-0.4, -0.2) is 36.6 Å². The van der Waals surface area contributed by atoms with Gasteiger partial charge in [0.2, 0.25) is 5.17 Å². The molecule has 2 aromatic rings. The summed E-state index contributed by atoms with van der Waals surface area (Å²) in [7, 11) is 0. The van der Waals surface area contributed by atoms with Crippen LogP contribution in [0.3, 0.4) is 0 Å². The number of rotatable bonds is 3. The molecule has 2 aliphatic heterocycles. The molecule has 4 rings (SSSR count). The summed E-state index contributed by atoms with van der Waals surface area (Å²) in [4.78, 5) is 16.7. The number of nitrogens with one attached hydrogen (secondary N) is 1. The van der Waals surface area contributed by atoms with Crippen molar-refractivity contribution >= 4 is 62.5 Å². The zero-order chi connectivity index (χ0) is 21.6. The Labute approximate surface area is 186 Å². The van der Waals surface area contributed by atoms with Crippen LogP contribution >= 0.6 is 35.1 Å². The molecule has 10 heteroatoms. The van der Waals surface area contributed by atoms with E-state index in [1.54, 1.807) is 30.0 Å². The molecule has 1 N–H and O–H groups in total. The van der Waals surface area contributed by atoms with E-state index < -0.39 is 11.7 Å². The topological polar surface area (TPSA) is 73.8 Å². The van der Waals surface area contributed by atoms with Crippen molar-refractivity contribution in [2.75, 3.05) is 5.75 Å². The summed E-state index contributed by atoms with van der Waals surface area (Å²) in [5.74, 6) is -0.106. The molecule has 0 aliphatic carbocycles. The number of hydrazone groups is 1. The van der Waals surface area contributed by atoms with E-state index in [-0.39, 0.29) is 16.4 Å². The lowest BCUT2D eigenvalue weighted by molar-refractivity contribution is -0.114. The van der Waals surface area contributed by atoms with Gasteiger partial charge in [-0.25, -0.2) is 4.39 Å². The summed E-state index contributed by atoms with van der Waals surface area (Å²) in [6.07, 6.45) is 1.65. The summed E-state index contributed by atoms with van der Waals surface area (Å²) in [6.45, 7) is 5.81. The number of aryl methyl sites for hydroxylation is 1. The minimum absolute atomic E-state index is 0.00108. The van der Waals surface area contributed by atoms with Gasteiger partial charge in [-0.1, -0.05) is 30.3 Å². The van der Waals surface area contributed by atoms with E-state index in [0.717, 1.165) is 27.1 Å². The number of fused-ring (bicyclic) bond motifs is 1. The van der Waals surface area contributed by atoms with E-state index in [9.17, 15) is 9.18 Å². The SMILES string of the molecule is CCSC1=NN2C(=N)/C(=C/c3cc(C)n(-c4ccc(F)c(Cl)c4)c3C)C(=O)N=C2S1. The van der Waals surface area contributed by atoms with Crippen molar-refractivity contribution in [1.82, 2.24) is 9.58 Å². The first-order valence-corrected chi connectivity index (χ1v) is 11.3. The average Bonchev–Trinajstić information content (AvgIpc) is 3.21. The van der Waals surface area contributed by atoms with Crippen molar-refractivity contribution < 1.29 is 9.18 Å². The maximum Gasteiger partial charge on any atom is 0.283 e. The molecule has 3 heterocycles. The van der Waals surface area contributed by atoms with Gasteiger partial charge in [-0.3, -0.25) is 10.2 Å². The van der Waals surface area contributed by atoms with Crippen LogP contribution in [0.4, 0.5) is 4.39 Å². The van der Waals surface area contributed by atoms with Gasteiger partial charge in [0.25, 0.3) is 5.91 Å². The summed E-state index contributed by atoms with van der Waals surface area (Å²) >= 11 is 8.79. The number of carbonyl (C=O) groups is 1. The largest absolute Gasteiger partial charge is 0.318 e. The number of nitrogens with zero attached hydrogens (tertiary/aromatic N) is 4. The quantitative estimate of drug-likeness (QED) is 0.636. The zero-order valence-electron chi connectivity index (χ0n) is 16.4. The number of carbonyl (C=O) groups excluding carboxylic acids is 1. The first-order chi connectivity index (χ1) is 14.3. The first-order valence-electron chi connectivity index (χ1n) is 9.07. The predicted octanol–water partition coefficient (Wildman–Crippen LogP) is 5.22. The number of amidine groups is 2. The molecular formula is C20H17ClFN5OS2.